The maximum Gasteiger partial charge on any atom is 0.323 e. The number of carbonyl (C=O) groups excluding carboxylic acids is 1. The largest absolute Gasteiger partial charge is 0.358 e. The van der Waals surface area contributed by atoms with E-state index in [9.17, 15) is 14.9 Å². The lowest BCUT2D eigenvalue weighted by atomic mass is 9.82. The Morgan fingerprint density at radius 1 is 1.45 bits per heavy atom. The van der Waals surface area contributed by atoms with Crippen molar-refractivity contribution < 1.29 is 9.72 Å². The number of nitrogens with one attached hydrogen (secondary N) is 1. The fourth-order valence-corrected chi connectivity index (χ4v) is 2.69. The highest BCUT2D eigenvalue weighted by Gasteiger charge is 2.29. The van der Waals surface area contributed by atoms with Crippen LogP contribution in [0.5, 0.6) is 0 Å². The molecule has 2 rings (SSSR count). The SMILES string of the molecule is Cn1c(C(=O)NCC2(N)CCCCC2)ccc1[N+](=O)[O-]. The van der Waals surface area contributed by atoms with Crippen LogP contribution < -0.4 is 11.1 Å². The van der Waals surface area contributed by atoms with Gasteiger partial charge in [0.15, 0.2) is 5.69 Å². The van der Waals surface area contributed by atoms with E-state index in [2.05, 4.69) is 5.32 Å². The molecule has 0 unspecified atom stereocenters. The average molecular weight is 280 g/mol. The molecule has 1 amide bonds. The summed E-state index contributed by atoms with van der Waals surface area (Å²) in [5.41, 5.74) is 6.18. The summed E-state index contributed by atoms with van der Waals surface area (Å²) in [5, 5.41) is 13.5. The van der Waals surface area contributed by atoms with Gasteiger partial charge in [-0.2, -0.15) is 0 Å². The van der Waals surface area contributed by atoms with Crippen LogP contribution in [0.1, 0.15) is 42.6 Å². The van der Waals surface area contributed by atoms with E-state index in [0.29, 0.717) is 6.54 Å². The monoisotopic (exact) mass is 280 g/mol. The molecule has 0 saturated heterocycles. The van der Waals surface area contributed by atoms with Crippen LogP contribution in [-0.4, -0.2) is 27.5 Å². The van der Waals surface area contributed by atoms with Gasteiger partial charge in [0.25, 0.3) is 5.91 Å². The first-order valence-electron chi connectivity index (χ1n) is 6.80. The van der Waals surface area contributed by atoms with Crippen LogP contribution in [0.4, 0.5) is 5.82 Å². The van der Waals surface area contributed by atoms with Gasteiger partial charge in [0.1, 0.15) is 0 Å². The molecular weight excluding hydrogens is 260 g/mol. The van der Waals surface area contributed by atoms with Crippen molar-refractivity contribution in [2.45, 2.75) is 37.6 Å². The highest BCUT2D eigenvalue weighted by atomic mass is 16.6. The van der Waals surface area contributed by atoms with Crippen molar-refractivity contribution in [3.8, 4) is 0 Å². The number of nitro groups is 1. The Balaban J connectivity index is 2.00. The standard InChI is InChI=1S/C13H20N4O3/c1-16-10(5-6-11(16)17(19)20)12(18)15-9-13(14)7-3-2-4-8-13/h5-6H,2-4,7-9,14H2,1H3,(H,15,18). The first-order chi connectivity index (χ1) is 9.43. The van der Waals surface area contributed by atoms with Crippen molar-refractivity contribution >= 4 is 11.7 Å². The Morgan fingerprint density at radius 2 is 2.10 bits per heavy atom. The summed E-state index contributed by atoms with van der Waals surface area (Å²) in [6, 6.07) is 2.78. The molecule has 0 aliphatic heterocycles. The molecule has 3 N–H and O–H groups in total. The predicted octanol–water partition coefficient (Wildman–Crippen LogP) is 1.32. The van der Waals surface area contributed by atoms with Crippen molar-refractivity contribution in [2.24, 2.45) is 12.8 Å². The van der Waals surface area contributed by atoms with Gasteiger partial charge in [-0.3, -0.25) is 4.79 Å². The summed E-state index contributed by atoms with van der Waals surface area (Å²) >= 11 is 0. The molecule has 1 heterocycles. The van der Waals surface area contributed by atoms with Crippen molar-refractivity contribution in [3.63, 3.8) is 0 Å². The van der Waals surface area contributed by atoms with Gasteiger partial charge >= 0.3 is 5.82 Å². The molecule has 0 atom stereocenters. The average Bonchev–Trinajstić information content (AvgIpc) is 2.79. The number of nitrogens with zero attached hydrogens (tertiary/aromatic N) is 2. The molecule has 1 aliphatic carbocycles. The van der Waals surface area contributed by atoms with Gasteiger partial charge in [0, 0.05) is 18.2 Å². The van der Waals surface area contributed by atoms with Gasteiger partial charge in [0.05, 0.1) is 7.05 Å². The Labute approximate surface area is 117 Å². The zero-order valence-electron chi connectivity index (χ0n) is 11.6. The normalized spacial score (nSPS) is 17.7. The number of rotatable bonds is 4. The molecule has 1 aromatic heterocycles. The summed E-state index contributed by atoms with van der Waals surface area (Å²) in [5.74, 6) is -0.425. The molecule has 1 fully saturated rings. The van der Waals surface area contributed by atoms with Gasteiger partial charge < -0.3 is 21.2 Å². The minimum absolute atomic E-state index is 0.102. The second-order valence-corrected chi connectivity index (χ2v) is 5.50. The zero-order valence-corrected chi connectivity index (χ0v) is 11.6. The van der Waals surface area contributed by atoms with Gasteiger partial charge in [-0.25, -0.2) is 4.57 Å². The van der Waals surface area contributed by atoms with E-state index >= 15 is 0 Å². The van der Waals surface area contributed by atoms with Crippen molar-refractivity contribution in [2.75, 3.05) is 6.54 Å². The van der Waals surface area contributed by atoms with E-state index in [1.165, 1.54) is 30.2 Å². The topological polar surface area (TPSA) is 103 Å². The highest BCUT2D eigenvalue weighted by Crippen LogP contribution is 2.25. The molecule has 1 aromatic rings. The first kappa shape index (κ1) is 14.5. The summed E-state index contributed by atoms with van der Waals surface area (Å²) in [6.45, 7) is 0.408. The number of hydrogen-bond acceptors (Lipinski definition) is 4. The lowest BCUT2D eigenvalue weighted by molar-refractivity contribution is -0.391. The van der Waals surface area contributed by atoms with E-state index in [0.717, 1.165) is 25.7 Å². The smallest absolute Gasteiger partial charge is 0.323 e. The number of amides is 1. The second-order valence-electron chi connectivity index (χ2n) is 5.50. The second kappa shape index (κ2) is 5.62. The van der Waals surface area contributed by atoms with Crippen LogP contribution in [0, 0.1) is 10.1 Å². The molecule has 0 aromatic carbocycles. The zero-order chi connectivity index (χ0) is 14.8. The predicted molar refractivity (Wildman–Crippen MR) is 74.4 cm³/mol. The van der Waals surface area contributed by atoms with Crippen LogP contribution in [0.25, 0.3) is 0 Å². The number of aromatic nitrogens is 1. The molecule has 7 nitrogen and oxygen atoms in total. The Kier molecular flexibility index (Phi) is 4.08. The minimum atomic E-state index is -0.512. The highest BCUT2D eigenvalue weighted by molar-refractivity contribution is 5.93. The van der Waals surface area contributed by atoms with Crippen molar-refractivity contribution in [3.05, 3.63) is 27.9 Å². The summed E-state index contributed by atoms with van der Waals surface area (Å²) in [6.07, 6.45) is 5.17. The molecule has 110 valence electrons. The van der Waals surface area contributed by atoms with E-state index in [1.807, 2.05) is 0 Å². The number of hydrogen-bond donors (Lipinski definition) is 2. The Morgan fingerprint density at radius 3 is 2.65 bits per heavy atom. The van der Waals surface area contributed by atoms with Crippen molar-refractivity contribution in [1.82, 2.24) is 9.88 Å². The fourth-order valence-electron chi connectivity index (χ4n) is 2.69. The van der Waals surface area contributed by atoms with E-state index < -0.39 is 4.92 Å². The summed E-state index contributed by atoms with van der Waals surface area (Å²) in [4.78, 5) is 22.3. The maximum atomic E-state index is 12.1. The molecule has 20 heavy (non-hydrogen) atoms. The Bertz CT molecular complexity index is 518. The molecule has 0 bridgehead atoms. The summed E-state index contributed by atoms with van der Waals surface area (Å²) < 4.78 is 1.28. The molecule has 1 aliphatic rings. The van der Waals surface area contributed by atoms with Gasteiger partial charge in [-0.15, -0.1) is 0 Å². The number of nitrogens with two attached hydrogens (primary N) is 1. The molecule has 0 spiro atoms. The quantitative estimate of drug-likeness (QED) is 0.641. The van der Waals surface area contributed by atoms with Gasteiger partial charge in [0.2, 0.25) is 0 Å². The molecular formula is C13H20N4O3. The maximum absolute atomic E-state index is 12.1. The van der Waals surface area contributed by atoms with E-state index in [-0.39, 0.29) is 23.0 Å². The van der Waals surface area contributed by atoms with Gasteiger partial charge in [-0.1, -0.05) is 19.3 Å². The van der Waals surface area contributed by atoms with Crippen LogP contribution in [0.2, 0.25) is 0 Å². The van der Waals surface area contributed by atoms with Crippen LogP contribution in [-0.2, 0) is 7.05 Å². The van der Waals surface area contributed by atoms with Crippen LogP contribution in [0.15, 0.2) is 12.1 Å². The lowest BCUT2D eigenvalue weighted by Crippen LogP contribution is -2.51. The van der Waals surface area contributed by atoms with Gasteiger partial charge in [-0.05, 0) is 23.8 Å². The molecule has 7 heteroatoms. The molecule has 1 saturated carbocycles. The number of carbonyl (C=O) groups is 1. The molecule has 0 radical (unpaired) electrons. The third-order valence-electron chi connectivity index (χ3n) is 3.97. The van der Waals surface area contributed by atoms with E-state index in [1.54, 1.807) is 0 Å². The third-order valence-corrected chi connectivity index (χ3v) is 3.97. The lowest BCUT2D eigenvalue weighted by Gasteiger charge is -2.33. The van der Waals surface area contributed by atoms with Crippen LogP contribution in [0.3, 0.4) is 0 Å². The first-order valence-corrected chi connectivity index (χ1v) is 6.80. The summed E-state index contributed by atoms with van der Waals surface area (Å²) in [7, 11) is 1.51. The van der Waals surface area contributed by atoms with Crippen molar-refractivity contribution in [1.29, 1.82) is 0 Å². The minimum Gasteiger partial charge on any atom is -0.358 e. The fraction of sp³-hybridized carbons (Fsp3) is 0.615. The van der Waals surface area contributed by atoms with Crippen LogP contribution >= 0.6 is 0 Å². The van der Waals surface area contributed by atoms with E-state index in [4.69, 9.17) is 5.73 Å². The third kappa shape index (κ3) is 2.98. The Hall–Kier alpha value is -1.89.